The van der Waals surface area contributed by atoms with E-state index in [-0.39, 0.29) is 5.91 Å². The highest BCUT2D eigenvalue weighted by Crippen LogP contribution is 2.70. The monoisotopic (exact) mass is 352 g/mol. The molecule has 136 valence electrons. The Hall–Kier alpha value is -2.56. The first-order chi connectivity index (χ1) is 12.4. The van der Waals surface area contributed by atoms with Crippen LogP contribution in [0.2, 0.25) is 0 Å². The molecule has 2 aliphatic rings. The summed E-state index contributed by atoms with van der Waals surface area (Å²) in [6.07, 6.45) is 4.27. The molecule has 0 saturated heterocycles. The number of nitrogens with zero attached hydrogens (tertiary/aromatic N) is 2. The van der Waals surface area contributed by atoms with Gasteiger partial charge < -0.3 is 9.47 Å². The molecule has 1 aromatic carbocycles. The van der Waals surface area contributed by atoms with E-state index < -0.39 is 0 Å². The van der Waals surface area contributed by atoms with E-state index in [9.17, 15) is 4.79 Å². The number of rotatable bonds is 4. The van der Waals surface area contributed by atoms with Crippen LogP contribution in [0.4, 0.5) is 0 Å². The van der Waals surface area contributed by atoms with Crippen LogP contribution in [0.15, 0.2) is 24.3 Å². The van der Waals surface area contributed by atoms with Crippen molar-refractivity contribution in [1.82, 2.24) is 9.78 Å². The van der Waals surface area contributed by atoms with Gasteiger partial charge in [-0.15, -0.1) is 0 Å². The van der Waals surface area contributed by atoms with Crippen molar-refractivity contribution in [3.05, 3.63) is 46.8 Å². The molecule has 0 amide bonds. The fourth-order valence-electron chi connectivity index (χ4n) is 4.46. The van der Waals surface area contributed by atoms with Crippen molar-refractivity contribution in [3.63, 3.8) is 0 Å². The van der Waals surface area contributed by atoms with Crippen molar-refractivity contribution in [2.75, 3.05) is 14.2 Å². The Morgan fingerprint density at radius 2 is 2.08 bits per heavy atom. The minimum absolute atomic E-state index is 0.119. The summed E-state index contributed by atoms with van der Waals surface area (Å²) in [5.74, 6) is 2.47. The quantitative estimate of drug-likeness (QED) is 0.784. The highest BCUT2D eigenvalue weighted by Gasteiger charge is 2.63. The maximum Gasteiger partial charge on any atom is 0.271 e. The third-order valence-electron chi connectivity index (χ3n) is 6.04. The van der Waals surface area contributed by atoms with Crippen LogP contribution in [0.1, 0.15) is 47.1 Å². The number of benzene rings is 1. The summed E-state index contributed by atoms with van der Waals surface area (Å²) in [4.78, 5) is 12.7. The lowest BCUT2D eigenvalue weighted by Gasteiger charge is -2.09. The number of aromatic nitrogens is 2. The van der Waals surface area contributed by atoms with Gasteiger partial charge in [0.15, 0.2) is 0 Å². The van der Waals surface area contributed by atoms with E-state index >= 15 is 0 Å². The van der Waals surface area contributed by atoms with E-state index in [2.05, 4.69) is 18.9 Å². The van der Waals surface area contributed by atoms with Gasteiger partial charge in [-0.3, -0.25) is 4.79 Å². The summed E-state index contributed by atoms with van der Waals surface area (Å²) >= 11 is 0. The van der Waals surface area contributed by atoms with Crippen molar-refractivity contribution in [2.45, 2.75) is 33.1 Å². The second kappa shape index (κ2) is 5.73. The molecule has 2 unspecified atom stereocenters. The van der Waals surface area contributed by atoms with Crippen LogP contribution in [0.25, 0.3) is 6.08 Å². The molecule has 0 N–H and O–H groups in total. The Bertz CT molecular complexity index is 924. The van der Waals surface area contributed by atoms with Crippen molar-refractivity contribution >= 4 is 12.0 Å². The van der Waals surface area contributed by atoms with E-state index in [0.29, 0.717) is 28.7 Å². The van der Waals surface area contributed by atoms with Gasteiger partial charge in [-0.05, 0) is 48.8 Å². The molecule has 26 heavy (non-hydrogen) atoms. The van der Waals surface area contributed by atoms with Crippen LogP contribution in [0.5, 0.6) is 11.5 Å². The number of fused-ring (bicyclic) bond motifs is 3. The van der Waals surface area contributed by atoms with E-state index in [0.717, 1.165) is 23.4 Å². The molecular weight excluding hydrogens is 328 g/mol. The Kier molecular flexibility index (Phi) is 3.72. The lowest BCUT2D eigenvalue weighted by Crippen LogP contribution is -2.14. The number of methoxy groups -OCH3 is 2. The van der Waals surface area contributed by atoms with E-state index in [1.807, 2.05) is 19.1 Å². The van der Waals surface area contributed by atoms with Crippen LogP contribution in [0, 0.1) is 18.3 Å². The van der Waals surface area contributed by atoms with Crippen LogP contribution >= 0.6 is 0 Å². The Morgan fingerprint density at radius 3 is 2.77 bits per heavy atom. The molecule has 2 aromatic rings. The Labute approximate surface area is 153 Å². The molecular formula is C21H24N2O3. The Morgan fingerprint density at radius 1 is 1.31 bits per heavy atom. The first-order valence-electron chi connectivity index (χ1n) is 8.91. The topological polar surface area (TPSA) is 53.4 Å². The zero-order valence-electron chi connectivity index (χ0n) is 15.9. The summed E-state index contributed by atoms with van der Waals surface area (Å²) in [6, 6.07) is 5.52. The molecule has 1 heterocycles. The predicted molar refractivity (Wildman–Crippen MR) is 99.9 cm³/mol. The second-order valence-corrected chi connectivity index (χ2v) is 7.75. The summed E-state index contributed by atoms with van der Waals surface area (Å²) < 4.78 is 12.2. The number of hydrogen-bond acceptors (Lipinski definition) is 4. The number of aryl methyl sites for hydroxylation is 1. The van der Waals surface area contributed by atoms with Crippen molar-refractivity contribution in [3.8, 4) is 11.5 Å². The minimum Gasteiger partial charge on any atom is -0.497 e. The average molecular weight is 352 g/mol. The van der Waals surface area contributed by atoms with Gasteiger partial charge in [0, 0.05) is 23.3 Å². The van der Waals surface area contributed by atoms with Gasteiger partial charge in [0.05, 0.1) is 25.6 Å². The number of ether oxygens (including phenoxy) is 2. The van der Waals surface area contributed by atoms with Crippen LogP contribution in [-0.2, 0) is 6.42 Å². The number of hydrogen-bond donors (Lipinski definition) is 0. The summed E-state index contributed by atoms with van der Waals surface area (Å²) in [6.45, 7) is 6.62. The summed E-state index contributed by atoms with van der Waals surface area (Å²) in [5, 5.41) is 4.52. The smallest absolute Gasteiger partial charge is 0.271 e. The molecule has 0 radical (unpaired) electrons. The highest BCUT2D eigenvalue weighted by atomic mass is 16.5. The van der Waals surface area contributed by atoms with Crippen LogP contribution in [-0.4, -0.2) is 29.9 Å². The molecule has 2 aliphatic carbocycles. The normalized spacial score (nSPS) is 22.2. The molecule has 0 aliphatic heterocycles. The van der Waals surface area contributed by atoms with Crippen molar-refractivity contribution in [2.24, 2.45) is 11.3 Å². The molecule has 1 fully saturated rings. The van der Waals surface area contributed by atoms with Gasteiger partial charge >= 0.3 is 0 Å². The van der Waals surface area contributed by atoms with Gasteiger partial charge in [-0.2, -0.15) is 5.10 Å². The van der Waals surface area contributed by atoms with Gasteiger partial charge in [0.2, 0.25) is 0 Å². The molecule has 2 atom stereocenters. The third-order valence-corrected chi connectivity index (χ3v) is 6.04. The molecule has 0 bridgehead atoms. The van der Waals surface area contributed by atoms with Gasteiger partial charge in [0.25, 0.3) is 5.91 Å². The Balaban J connectivity index is 1.60. The molecule has 1 saturated carbocycles. The van der Waals surface area contributed by atoms with Gasteiger partial charge in [-0.25, -0.2) is 4.68 Å². The average Bonchev–Trinajstić information content (AvgIpc) is 2.98. The SMILES string of the molecule is COc1ccc(C=CC(=O)n2nc(C)c3c2CC2C3C2(C)C)c(OC)c1. The predicted octanol–water partition coefficient (Wildman–Crippen LogP) is 3.86. The van der Waals surface area contributed by atoms with E-state index in [1.165, 1.54) is 5.56 Å². The lowest BCUT2D eigenvalue weighted by atomic mass is 9.98. The number of allylic oxidation sites excluding steroid dienone is 1. The van der Waals surface area contributed by atoms with Crippen LogP contribution < -0.4 is 9.47 Å². The molecule has 1 aromatic heterocycles. The van der Waals surface area contributed by atoms with Crippen molar-refractivity contribution < 1.29 is 14.3 Å². The zero-order chi connectivity index (χ0) is 18.6. The van der Waals surface area contributed by atoms with Crippen LogP contribution in [0.3, 0.4) is 0 Å². The minimum atomic E-state index is -0.119. The maximum absolute atomic E-state index is 12.7. The number of carbonyl (C=O) groups is 1. The first-order valence-corrected chi connectivity index (χ1v) is 8.91. The fraction of sp³-hybridized carbons (Fsp3) is 0.429. The fourth-order valence-corrected chi connectivity index (χ4v) is 4.46. The molecule has 5 nitrogen and oxygen atoms in total. The molecule has 0 spiro atoms. The largest absolute Gasteiger partial charge is 0.497 e. The summed E-state index contributed by atoms with van der Waals surface area (Å²) in [5.41, 5.74) is 4.55. The first kappa shape index (κ1) is 16.9. The standard InChI is InChI=1S/C21H24N2O3/c1-12-19-16(11-15-20(19)21(15,2)3)23(22-12)18(24)9-7-13-6-8-14(25-4)10-17(13)26-5/h6-10,15,20H,11H2,1-5H3. The summed E-state index contributed by atoms with van der Waals surface area (Å²) in [7, 11) is 3.21. The van der Waals surface area contributed by atoms with Gasteiger partial charge in [0.1, 0.15) is 11.5 Å². The third kappa shape index (κ3) is 2.37. The zero-order valence-corrected chi connectivity index (χ0v) is 15.9. The van der Waals surface area contributed by atoms with E-state index in [1.54, 1.807) is 37.1 Å². The number of carbonyl (C=O) groups excluding carboxylic acids is 1. The maximum atomic E-state index is 12.7. The highest BCUT2D eigenvalue weighted by molar-refractivity contribution is 5.94. The van der Waals surface area contributed by atoms with E-state index in [4.69, 9.17) is 9.47 Å². The second-order valence-electron chi connectivity index (χ2n) is 7.75. The van der Waals surface area contributed by atoms with Gasteiger partial charge in [-0.1, -0.05) is 13.8 Å². The van der Waals surface area contributed by atoms with Crippen molar-refractivity contribution in [1.29, 1.82) is 0 Å². The lowest BCUT2D eigenvalue weighted by molar-refractivity contribution is 0.0951. The molecule has 5 heteroatoms. The molecule has 4 rings (SSSR count).